The standard InChI is InChI=1S/C33H56O8/c1-3-5-7-8-9-10-15-19-32(38)40-24-27(35)25-41-33(39)20-16-12-11-14-18-28-29(31(37)23-30(28)36)22-21-26(34)17-13-6-4-2/h11,14,21-22,26-29,31,34-35,37H,3-10,12-13,15-20,23-25H2,1-2H3/b14-11-,22-21+/t26-,27+,28+,29+,31+/m0/s1. The van der Waals surface area contributed by atoms with Crippen LogP contribution in [0.4, 0.5) is 0 Å². The van der Waals surface area contributed by atoms with Crippen molar-refractivity contribution < 1.29 is 39.2 Å². The van der Waals surface area contributed by atoms with Crippen LogP contribution in [-0.2, 0) is 23.9 Å². The third-order valence-electron chi connectivity index (χ3n) is 7.56. The number of unbranched alkanes of at least 4 members (excludes halogenated alkanes) is 9. The zero-order chi connectivity index (χ0) is 30.3. The fraction of sp³-hybridized carbons (Fsp3) is 0.788. The van der Waals surface area contributed by atoms with E-state index in [9.17, 15) is 29.7 Å². The molecule has 8 nitrogen and oxygen atoms in total. The van der Waals surface area contributed by atoms with Crippen LogP contribution in [-0.4, -0.2) is 64.6 Å². The Labute approximate surface area is 247 Å². The van der Waals surface area contributed by atoms with Crippen LogP contribution >= 0.6 is 0 Å². The maximum Gasteiger partial charge on any atom is 0.305 e. The van der Waals surface area contributed by atoms with Crippen molar-refractivity contribution >= 4 is 17.7 Å². The number of carbonyl (C=O) groups excluding carboxylic acids is 3. The zero-order valence-corrected chi connectivity index (χ0v) is 25.5. The number of rotatable bonds is 24. The molecule has 1 saturated carbocycles. The first-order valence-electron chi connectivity index (χ1n) is 16.0. The smallest absolute Gasteiger partial charge is 0.305 e. The van der Waals surface area contributed by atoms with Crippen LogP contribution in [0.5, 0.6) is 0 Å². The largest absolute Gasteiger partial charge is 0.463 e. The monoisotopic (exact) mass is 580 g/mol. The van der Waals surface area contributed by atoms with Crippen LogP contribution in [0, 0.1) is 11.8 Å². The van der Waals surface area contributed by atoms with Gasteiger partial charge in [-0.2, -0.15) is 0 Å². The zero-order valence-electron chi connectivity index (χ0n) is 25.5. The molecule has 0 unspecified atom stereocenters. The van der Waals surface area contributed by atoms with Crippen molar-refractivity contribution in [3.05, 3.63) is 24.3 Å². The lowest BCUT2D eigenvalue weighted by atomic mass is 9.90. The van der Waals surface area contributed by atoms with Gasteiger partial charge in [0.1, 0.15) is 25.1 Å². The summed E-state index contributed by atoms with van der Waals surface area (Å²) in [6, 6.07) is 0. The van der Waals surface area contributed by atoms with E-state index in [2.05, 4.69) is 13.8 Å². The summed E-state index contributed by atoms with van der Waals surface area (Å²) >= 11 is 0. The van der Waals surface area contributed by atoms with E-state index in [1.54, 1.807) is 12.2 Å². The Morgan fingerprint density at radius 1 is 0.854 bits per heavy atom. The van der Waals surface area contributed by atoms with Crippen LogP contribution in [0.25, 0.3) is 0 Å². The molecule has 1 aliphatic rings. The number of allylic oxidation sites excluding steroid dienone is 2. The highest BCUT2D eigenvalue weighted by Crippen LogP contribution is 2.33. The quantitative estimate of drug-likeness (QED) is 0.0747. The second-order valence-electron chi connectivity index (χ2n) is 11.4. The van der Waals surface area contributed by atoms with Crippen molar-refractivity contribution in [2.75, 3.05) is 13.2 Å². The van der Waals surface area contributed by atoms with Crippen LogP contribution in [0.3, 0.4) is 0 Å². The second kappa shape index (κ2) is 23.5. The highest BCUT2D eigenvalue weighted by atomic mass is 16.6. The van der Waals surface area contributed by atoms with E-state index in [-0.39, 0.29) is 49.6 Å². The van der Waals surface area contributed by atoms with Gasteiger partial charge in [-0.25, -0.2) is 0 Å². The number of hydrogen-bond donors (Lipinski definition) is 3. The van der Waals surface area contributed by atoms with E-state index < -0.39 is 24.3 Å². The Morgan fingerprint density at radius 3 is 2.10 bits per heavy atom. The minimum Gasteiger partial charge on any atom is -0.463 e. The molecule has 0 aromatic carbocycles. The third-order valence-corrected chi connectivity index (χ3v) is 7.56. The van der Waals surface area contributed by atoms with Gasteiger partial charge in [0.05, 0.1) is 12.2 Å². The molecule has 0 spiro atoms. The van der Waals surface area contributed by atoms with Gasteiger partial charge in [-0.1, -0.05) is 95.9 Å². The summed E-state index contributed by atoms with van der Waals surface area (Å²) in [7, 11) is 0. The topological polar surface area (TPSA) is 130 Å². The molecule has 8 heteroatoms. The molecular weight excluding hydrogens is 524 g/mol. The maximum atomic E-state index is 12.4. The van der Waals surface area contributed by atoms with Gasteiger partial charge in [-0.05, 0) is 32.1 Å². The van der Waals surface area contributed by atoms with Gasteiger partial charge in [-0.15, -0.1) is 0 Å². The lowest BCUT2D eigenvalue weighted by Crippen LogP contribution is -2.25. The molecule has 1 rings (SSSR count). The van der Waals surface area contributed by atoms with Gasteiger partial charge in [-0.3, -0.25) is 14.4 Å². The maximum absolute atomic E-state index is 12.4. The molecule has 3 N–H and O–H groups in total. The Balaban J connectivity index is 2.18. The Hall–Kier alpha value is -2.03. The molecule has 0 aromatic rings. The van der Waals surface area contributed by atoms with Gasteiger partial charge >= 0.3 is 11.9 Å². The molecule has 41 heavy (non-hydrogen) atoms. The molecule has 1 fully saturated rings. The molecule has 0 bridgehead atoms. The molecule has 0 saturated heterocycles. The van der Waals surface area contributed by atoms with E-state index in [0.29, 0.717) is 32.1 Å². The average Bonchev–Trinajstić information content (AvgIpc) is 3.22. The summed E-state index contributed by atoms with van der Waals surface area (Å²) in [5.41, 5.74) is 0. The van der Waals surface area contributed by atoms with Crippen molar-refractivity contribution in [2.24, 2.45) is 11.8 Å². The molecule has 5 atom stereocenters. The summed E-state index contributed by atoms with van der Waals surface area (Å²) in [5, 5.41) is 30.4. The van der Waals surface area contributed by atoms with Gasteiger partial charge in [0.25, 0.3) is 0 Å². The number of esters is 2. The number of Topliss-reactive ketones (excluding diaryl/α,β-unsaturated/α-hetero) is 1. The van der Waals surface area contributed by atoms with Crippen molar-refractivity contribution in [2.45, 2.75) is 141 Å². The fourth-order valence-corrected chi connectivity index (χ4v) is 5.01. The number of aliphatic hydroxyl groups excluding tert-OH is 3. The molecule has 1 aliphatic carbocycles. The Bertz CT molecular complexity index is 777. The van der Waals surface area contributed by atoms with E-state index in [1.165, 1.54) is 25.7 Å². The third kappa shape index (κ3) is 18.2. The summed E-state index contributed by atoms with van der Waals surface area (Å²) in [4.78, 5) is 36.1. The van der Waals surface area contributed by atoms with Gasteiger partial charge in [0, 0.05) is 31.1 Å². The van der Waals surface area contributed by atoms with E-state index >= 15 is 0 Å². The predicted molar refractivity (Wildman–Crippen MR) is 160 cm³/mol. The van der Waals surface area contributed by atoms with Crippen LogP contribution in [0.1, 0.15) is 123 Å². The summed E-state index contributed by atoms with van der Waals surface area (Å²) in [6.07, 6.45) is 19.0. The van der Waals surface area contributed by atoms with Crippen molar-refractivity contribution in [3.63, 3.8) is 0 Å². The number of hydrogen-bond acceptors (Lipinski definition) is 8. The average molecular weight is 581 g/mol. The number of ketones is 1. The molecule has 236 valence electrons. The van der Waals surface area contributed by atoms with Crippen molar-refractivity contribution in [1.29, 1.82) is 0 Å². The number of aliphatic hydroxyl groups is 3. The minimum absolute atomic E-state index is 0.0305. The van der Waals surface area contributed by atoms with Crippen molar-refractivity contribution in [3.8, 4) is 0 Å². The highest BCUT2D eigenvalue weighted by molar-refractivity contribution is 5.84. The second-order valence-corrected chi connectivity index (χ2v) is 11.4. The predicted octanol–water partition coefficient (Wildman–Crippen LogP) is 5.75. The van der Waals surface area contributed by atoms with Gasteiger partial charge in [0.2, 0.25) is 0 Å². The van der Waals surface area contributed by atoms with Crippen LogP contribution < -0.4 is 0 Å². The summed E-state index contributed by atoms with van der Waals surface area (Å²) in [6.45, 7) is 3.89. The normalized spacial score (nSPS) is 20.6. The summed E-state index contributed by atoms with van der Waals surface area (Å²) < 4.78 is 10.2. The SMILES string of the molecule is CCCCCCCCCC(=O)OC[C@@H](O)COC(=O)CCC/C=C\C[C@H]1C(=O)C[C@@H](O)[C@@H]1/C=C/[C@@H](O)CCCCC. The molecule has 0 radical (unpaired) electrons. The molecular formula is C33H56O8. The summed E-state index contributed by atoms with van der Waals surface area (Å²) in [5.74, 6) is -1.34. The number of ether oxygens (including phenoxy) is 2. The van der Waals surface area contributed by atoms with E-state index in [1.807, 2.05) is 12.2 Å². The number of carbonyl (C=O) groups is 3. The van der Waals surface area contributed by atoms with Gasteiger partial charge < -0.3 is 24.8 Å². The van der Waals surface area contributed by atoms with Crippen LogP contribution in [0.2, 0.25) is 0 Å². The van der Waals surface area contributed by atoms with Crippen LogP contribution in [0.15, 0.2) is 24.3 Å². The fourth-order valence-electron chi connectivity index (χ4n) is 5.01. The first-order chi connectivity index (χ1) is 19.8. The molecule has 0 heterocycles. The van der Waals surface area contributed by atoms with Gasteiger partial charge in [0.15, 0.2) is 0 Å². The lowest BCUT2D eigenvalue weighted by Gasteiger charge is -2.16. The highest BCUT2D eigenvalue weighted by Gasteiger charge is 2.39. The first kappa shape index (κ1) is 37.0. The van der Waals surface area contributed by atoms with E-state index in [0.717, 1.165) is 38.5 Å². The molecule has 0 amide bonds. The lowest BCUT2D eigenvalue weighted by molar-refractivity contribution is -0.152. The van der Waals surface area contributed by atoms with E-state index in [4.69, 9.17) is 9.47 Å². The first-order valence-corrected chi connectivity index (χ1v) is 16.0. The molecule has 0 aromatic heterocycles. The Morgan fingerprint density at radius 2 is 1.44 bits per heavy atom. The van der Waals surface area contributed by atoms with Crippen molar-refractivity contribution in [1.82, 2.24) is 0 Å². The minimum atomic E-state index is -1.05. The Kier molecular flexibility index (Phi) is 21.2. The molecule has 0 aliphatic heterocycles.